The Morgan fingerprint density at radius 2 is 2.24 bits per heavy atom. The number of ether oxygens (including phenoxy) is 1. The van der Waals surface area contributed by atoms with E-state index in [0.717, 1.165) is 12.0 Å². The van der Waals surface area contributed by atoms with Crippen molar-refractivity contribution in [3.05, 3.63) is 29.6 Å². The molecule has 0 radical (unpaired) electrons. The van der Waals surface area contributed by atoms with Gasteiger partial charge in [-0.25, -0.2) is 9.48 Å². The number of rotatable bonds is 3. The van der Waals surface area contributed by atoms with Gasteiger partial charge in [0.05, 0.1) is 5.69 Å². The number of hydrogen-bond donors (Lipinski definition) is 1. The normalized spacial score (nSPS) is 19.1. The summed E-state index contributed by atoms with van der Waals surface area (Å²) < 4.78 is 7.37. The SMILES string of the molecule is CCC1c2cc(-n3cnnn3)cc(C(=O)O)c2OC1(C)C. The van der Waals surface area contributed by atoms with Gasteiger partial charge >= 0.3 is 5.97 Å². The first-order valence-corrected chi connectivity index (χ1v) is 6.77. The van der Waals surface area contributed by atoms with E-state index in [1.165, 1.54) is 17.1 Å². The molecule has 0 bridgehead atoms. The molecule has 1 aromatic heterocycles. The highest BCUT2D eigenvalue weighted by Crippen LogP contribution is 2.48. The third-order valence-electron chi connectivity index (χ3n) is 3.93. The van der Waals surface area contributed by atoms with Crippen molar-refractivity contribution in [2.45, 2.75) is 38.7 Å². The number of carboxylic acids is 1. The predicted octanol–water partition coefficient (Wildman–Crippen LogP) is 2.03. The zero-order valence-corrected chi connectivity index (χ0v) is 12.1. The molecule has 2 heterocycles. The Balaban J connectivity index is 2.23. The van der Waals surface area contributed by atoms with Gasteiger partial charge in [0.25, 0.3) is 0 Å². The first kappa shape index (κ1) is 13.5. The second kappa shape index (κ2) is 4.54. The maximum Gasteiger partial charge on any atom is 0.339 e. The Hall–Kier alpha value is -2.44. The van der Waals surface area contributed by atoms with E-state index in [1.54, 1.807) is 0 Å². The Bertz CT molecular complexity index is 694. The number of carbonyl (C=O) groups is 1. The zero-order chi connectivity index (χ0) is 15.2. The lowest BCUT2D eigenvalue weighted by Gasteiger charge is -2.25. The highest BCUT2D eigenvalue weighted by atomic mass is 16.5. The van der Waals surface area contributed by atoms with E-state index in [0.29, 0.717) is 11.4 Å². The molecule has 0 aliphatic carbocycles. The van der Waals surface area contributed by atoms with Crippen molar-refractivity contribution in [3.63, 3.8) is 0 Å². The van der Waals surface area contributed by atoms with Gasteiger partial charge in [-0.2, -0.15) is 0 Å². The van der Waals surface area contributed by atoms with E-state index in [1.807, 2.05) is 19.9 Å². The smallest absolute Gasteiger partial charge is 0.339 e. The average Bonchev–Trinajstić information content (AvgIpc) is 3.01. The fraction of sp³-hybridized carbons (Fsp3) is 0.429. The third-order valence-corrected chi connectivity index (χ3v) is 3.93. The molecule has 0 amide bonds. The van der Waals surface area contributed by atoms with Crippen LogP contribution in [0.1, 0.15) is 49.0 Å². The Morgan fingerprint density at radius 1 is 1.48 bits per heavy atom. The van der Waals surface area contributed by atoms with Crippen molar-refractivity contribution in [1.82, 2.24) is 20.2 Å². The van der Waals surface area contributed by atoms with E-state index >= 15 is 0 Å². The molecule has 2 aromatic rings. The number of tetrazole rings is 1. The molecule has 7 heteroatoms. The van der Waals surface area contributed by atoms with Crippen LogP contribution in [0.4, 0.5) is 0 Å². The van der Waals surface area contributed by atoms with Crippen molar-refractivity contribution in [3.8, 4) is 11.4 Å². The van der Waals surface area contributed by atoms with E-state index in [4.69, 9.17) is 4.74 Å². The molecule has 1 aliphatic rings. The number of carboxylic acid groups (broad SMARTS) is 1. The van der Waals surface area contributed by atoms with Gasteiger partial charge in [0, 0.05) is 11.5 Å². The quantitative estimate of drug-likeness (QED) is 0.929. The number of fused-ring (bicyclic) bond motifs is 1. The molecule has 0 saturated carbocycles. The number of hydrogen-bond acceptors (Lipinski definition) is 5. The van der Waals surface area contributed by atoms with Crippen LogP contribution in [0.25, 0.3) is 5.69 Å². The van der Waals surface area contributed by atoms with Crippen LogP contribution in [0.5, 0.6) is 5.75 Å². The van der Waals surface area contributed by atoms with Crippen molar-refractivity contribution in [2.75, 3.05) is 0 Å². The lowest BCUT2D eigenvalue weighted by Crippen LogP contribution is -2.29. The van der Waals surface area contributed by atoms with Crippen LogP contribution in [-0.4, -0.2) is 36.9 Å². The summed E-state index contributed by atoms with van der Waals surface area (Å²) >= 11 is 0. The molecule has 1 aromatic carbocycles. The largest absolute Gasteiger partial charge is 0.486 e. The Morgan fingerprint density at radius 3 is 2.81 bits per heavy atom. The van der Waals surface area contributed by atoms with Crippen molar-refractivity contribution in [1.29, 1.82) is 0 Å². The van der Waals surface area contributed by atoms with E-state index in [2.05, 4.69) is 22.4 Å². The van der Waals surface area contributed by atoms with Crippen molar-refractivity contribution >= 4 is 5.97 Å². The summed E-state index contributed by atoms with van der Waals surface area (Å²) in [5, 5.41) is 20.5. The minimum Gasteiger partial charge on any atom is -0.486 e. The number of aromatic carboxylic acids is 1. The average molecular weight is 288 g/mol. The number of nitrogens with zero attached hydrogens (tertiary/aromatic N) is 4. The minimum absolute atomic E-state index is 0.127. The van der Waals surface area contributed by atoms with Gasteiger partial charge in [0.2, 0.25) is 0 Å². The van der Waals surface area contributed by atoms with Crippen molar-refractivity contribution in [2.24, 2.45) is 0 Å². The molecule has 1 aliphatic heterocycles. The lowest BCUT2D eigenvalue weighted by molar-refractivity contribution is 0.0679. The molecule has 1 N–H and O–H groups in total. The van der Waals surface area contributed by atoms with Gasteiger partial charge < -0.3 is 9.84 Å². The van der Waals surface area contributed by atoms with E-state index in [-0.39, 0.29) is 11.5 Å². The summed E-state index contributed by atoms with van der Waals surface area (Å²) in [5.74, 6) is -0.438. The maximum absolute atomic E-state index is 11.5. The first-order chi connectivity index (χ1) is 9.94. The fourth-order valence-electron chi connectivity index (χ4n) is 3.00. The van der Waals surface area contributed by atoms with Crippen LogP contribution in [0.3, 0.4) is 0 Å². The number of benzene rings is 1. The monoisotopic (exact) mass is 288 g/mol. The summed E-state index contributed by atoms with van der Waals surface area (Å²) in [4.78, 5) is 11.5. The zero-order valence-electron chi connectivity index (χ0n) is 12.1. The fourth-order valence-corrected chi connectivity index (χ4v) is 3.00. The van der Waals surface area contributed by atoms with Crippen LogP contribution in [0.15, 0.2) is 18.5 Å². The summed E-state index contributed by atoms with van der Waals surface area (Å²) in [7, 11) is 0. The second-order valence-corrected chi connectivity index (χ2v) is 5.64. The van der Waals surface area contributed by atoms with Gasteiger partial charge in [-0.15, -0.1) is 5.10 Å². The summed E-state index contributed by atoms with van der Waals surface area (Å²) in [6.45, 7) is 6.02. The van der Waals surface area contributed by atoms with Gasteiger partial charge in [0.1, 0.15) is 23.2 Å². The van der Waals surface area contributed by atoms with Gasteiger partial charge in [-0.3, -0.25) is 0 Å². The molecule has 7 nitrogen and oxygen atoms in total. The molecule has 0 saturated heterocycles. The third kappa shape index (κ3) is 2.05. The van der Waals surface area contributed by atoms with Crippen LogP contribution in [0.2, 0.25) is 0 Å². The number of aromatic nitrogens is 4. The van der Waals surface area contributed by atoms with Crippen LogP contribution in [-0.2, 0) is 0 Å². The van der Waals surface area contributed by atoms with Crippen molar-refractivity contribution < 1.29 is 14.6 Å². The standard InChI is InChI=1S/C14H16N4O3/c1-4-11-9-5-8(18-7-15-16-17-18)6-10(13(19)20)12(9)21-14(11,2)3/h5-7,11H,4H2,1-3H3,(H,19,20). The van der Waals surface area contributed by atoms with Crippen LogP contribution < -0.4 is 4.74 Å². The molecule has 3 rings (SSSR count). The highest BCUT2D eigenvalue weighted by molar-refractivity contribution is 5.92. The maximum atomic E-state index is 11.5. The molecule has 21 heavy (non-hydrogen) atoms. The predicted molar refractivity (Wildman–Crippen MR) is 73.9 cm³/mol. The minimum atomic E-state index is -1.02. The molecule has 1 atom stereocenters. The molecule has 0 spiro atoms. The van der Waals surface area contributed by atoms with Gasteiger partial charge in [0.15, 0.2) is 0 Å². The van der Waals surface area contributed by atoms with E-state index < -0.39 is 11.6 Å². The molecule has 0 fully saturated rings. The summed E-state index contributed by atoms with van der Waals surface area (Å²) in [5.41, 5.74) is 1.23. The Labute approximate surface area is 121 Å². The van der Waals surface area contributed by atoms with Crippen LogP contribution >= 0.6 is 0 Å². The summed E-state index contributed by atoms with van der Waals surface area (Å²) in [6, 6.07) is 3.44. The Kier molecular flexibility index (Phi) is 2.93. The molecular weight excluding hydrogens is 272 g/mol. The second-order valence-electron chi connectivity index (χ2n) is 5.64. The van der Waals surface area contributed by atoms with Gasteiger partial charge in [-0.1, -0.05) is 6.92 Å². The molecular formula is C14H16N4O3. The molecule has 110 valence electrons. The van der Waals surface area contributed by atoms with Gasteiger partial charge in [-0.05, 0) is 42.8 Å². The van der Waals surface area contributed by atoms with Crippen LogP contribution in [0, 0.1) is 0 Å². The highest BCUT2D eigenvalue weighted by Gasteiger charge is 2.42. The summed E-state index contributed by atoms with van der Waals surface area (Å²) in [6.07, 6.45) is 2.30. The molecule has 1 unspecified atom stereocenters. The first-order valence-electron chi connectivity index (χ1n) is 6.77. The topological polar surface area (TPSA) is 90.1 Å². The lowest BCUT2D eigenvalue weighted by atomic mass is 9.84. The van der Waals surface area contributed by atoms with E-state index in [9.17, 15) is 9.90 Å².